The number of hydrogen-bond acceptors (Lipinski definition) is 5. The molecule has 0 fully saturated rings. The van der Waals surface area contributed by atoms with Gasteiger partial charge in [0, 0.05) is 12.0 Å². The fourth-order valence-electron chi connectivity index (χ4n) is 2.75. The zero-order valence-corrected chi connectivity index (χ0v) is 15.7. The number of hydrogen-bond donors (Lipinski definition) is 3. The van der Waals surface area contributed by atoms with E-state index in [9.17, 15) is 20.1 Å². The summed E-state index contributed by atoms with van der Waals surface area (Å²) in [7, 11) is 0. The lowest BCUT2D eigenvalue weighted by Crippen LogP contribution is -2.11. The van der Waals surface area contributed by atoms with Gasteiger partial charge in [-0.3, -0.25) is 0 Å². The number of benzene rings is 2. The van der Waals surface area contributed by atoms with Crippen LogP contribution < -0.4 is 0 Å². The van der Waals surface area contributed by atoms with Crippen LogP contribution in [0.3, 0.4) is 0 Å². The maximum atomic E-state index is 12.0. The van der Waals surface area contributed by atoms with E-state index in [4.69, 9.17) is 4.74 Å². The van der Waals surface area contributed by atoms with Crippen molar-refractivity contribution >= 4 is 5.97 Å². The second-order valence-electron chi connectivity index (χ2n) is 7.29. The fraction of sp³-hybridized carbons (Fsp3) is 0.381. The van der Waals surface area contributed by atoms with Gasteiger partial charge in [-0.2, -0.15) is 0 Å². The van der Waals surface area contributed by atoms with Crippen LogP contribution in [0.2, 0.25) is 0 Å². The van der Waals surface area contributed by atoms with Crippen LogP contribution in [-0.4, -0.2) is 27.9 Å². The maximum absolute atomic E-state index is 12.0. The first-order valence-corrected chi connectivity index (χ1v) is 8.62. The van der Waals surface area contributed by atoms with Crippen molar-refractivity contribution in [3.05, 3.63) is 58.1 Å². The molecule has 5 nitrogen and oxygen atoms in total. The Morgan fingerprint density at radius 3 is 2.27 bits per heavy atom. The molecule has 26 heavy (non-hydrogen) atoms. The van der Waals surface area contributed by atoms with Crippen molar-refractivity contribution in [2.45, 2.75) is 46.1 Å². The minimum Gasteiger partial charge on any atom is -0.508 e. The van der Waals surface area contributed by atoms with Gasteiger partial charge < -0.3 is 20.1 Å². The molecule has 0 amide bonds. The van der Waals surface area contributed by atoms with Gasteiger partial charge >= 0.3 is 5.97 Å². The van der Waals surface area contributed by atoms with E-state index in [1.807, 2.05) is 12.1 Å². The van der Waals surface area contributed by atoms with E-state index in [0.717, 1.165) is 5.56 Å². The van der Waals surface area contributed by atoms with Crippen LogP contribution >= 0.6 is 0 Å². The Kier molecular flexibility index (Phi) is 5.93. The van der Waals surface area contributed by atoms with Crippen LogP contribution in [0.25, 0.3) is 0 Å². The average Bonchev–Trinajstić information content (AvgIpc) is 2.57. The number of carbonyl (C=O) groups is 1. The van der Waals surface area contributed by atoms with Crippen LogP contribution in [0.15, 0.2) is 30.3 Å². The number of esters is 1. The van der Waals surface area contributed by atoms with Crippen LogP contribution in [0.4, 0.5) is 0 Å². The molecule has 0 atom stereocenters. The van der Waals surface area contributed by atoms with E-state index in [0.29, 0.717) is 11.1 Å². The molecule has 0 saturated carbocycles. The zero-order chi connectivity index (χ0) is 19.5. The third-order valence-corrected chi connectivity index (χ3v) is 4.28. The van der Waals surface area contributed by atoms with Crippen molar-refractivity contribution in [3.8, 4) is 11.5 Å². The minimum absolute atomic E-state index is 0.0823. The van der Waals surface area contributed by atoms with Crippen molar-refractivity contribution in [3.63, 3.8) is 0 Å². The van der Waals surface area contributed by atoms with Gasteiger partial charge in [-0.25, -0.2) is 4.79 Å². The van der Waals surface area contributed by atoms with Gasteiger partial charge in [0.05, 0.1) is 18.8 Å². The van der Waals surface area contributed by atoms with Crippen molar-refractivity contribution < 1.29 is 24.9 Å². The predicted octanol–water partition coefficient (Wildman–Crippen LogP) is 3.66. The smallest absolute Gasteiger partial charge is 0.338 e. The standard InChI is InChI=1S/C21H26O5/c1-5-26-20(25)15-9-14(19(24)16(10-15)12-22)8-13-11-17(21(2,3)4)6-7-18(13)23/h6-7,9-11,22-24H,5,8,12H2,1-4H3. The lowest BCUT2D eigenvalue weighted by Gasteiger charge is -2.20. The summed E-state index contributed by atoms with van der Waals surface area (Å²) in [5, 5.41) is 30.1. The number of phenols is 2. The largest absolute Gasteiger partial charge is 0.508 e. The van der Waals surface area contributed by atoms with E-state index in [-0.39, 0.29) is 41.1 Å². The molecule has 2 aromatic rings. The number of aromatic hydroxyl groups is 2. The zero-order valence-electron chi connectivity index (χ0n) is 15.7. The summed E-state index contributed by atoms with van der Waals surface area (Å²) < 4.78 is 5.01. The molecule has 2 aromatic carbocycles. The Labute approximate surface area is 153 Å². The van der Waals surface area contributed by atoms with Crippen LogP contribution in [-0.2, 0) is 23.2 Å². The van der Waals surface area contributed by atoms with Gasteiger partial charge in [0.25, 0.3) is 0 Å². The van der Waals surface area contributed by atoms with Crippen LogP contribution in [0, 0.1) is 0 Å². The van der Waals surface area contributed by atoms with Crippen molar-refractivity contribution in [2.24, 2.45) is 0 Å². The number of aliphatic hydroxyl groups is 1. The normalized spacial score (nSPS) is 11.4. The van der Waals surface area contributed by atoms with Gasteiger partial charge in [-0.15, -0.1) is 0 Å². The Bertz CT molecular complexity index is 803. The van der Waals surface area contributed by atoms with Gasteiger partial charge in [0.2, 0.25) is 0 Å². The van der Waals surface area contributed by atoms with E-state index in [2.05, 4.69) is 20.8 Å². The lowest BCUT2D eigenvalue weighted by atomic mass is 9.85. The lowest BCUT2D eigenvalue weighted by molar-refractivity contribution is 0.0526. The first-order chi connectivity index (χ1) is 12.2. The maximum Gasteiger partial charge on any atom is 0.338 e. The fourth-order valence-corrected chi connectivity index (χ4v) is 2.75. The molecule has 0 aliphatic rings. The molecule has 0 bridgehead atoms. The molecule has 0 aliphatic carbocycles. The SMILES string of the molecule is CCOC(=O)c1cc(CO)c(O)c(Cc2cc(C(C)(C)C)ccc2O)c1. The summed E-state index contributed by atoms with van der Waals surface area (Å²) >= 11 is 0. The van der Waals surface area contributed by atoms with Crippen LogP contribution in [0.5, 0.6) is 11.5 Å². The first-order valence-electron chi connectivity index (χ1n) is 8.62. The molecule has 0 unspecified atom stereocenters. The number of ether oxygens (including phenoxy) is 1. The molecular weight excluding hydrogens is 332 g/mol. The molecule has 0 radical (unpaired) electrons. The summed E-state index contributed by atoms with van der Waals surface area (Å²) in [4.78, 5) is 12.0. The molecule has 0 aromatic heterocycles. The molecule has 5 heteroatoms. The molecule has 0 aliphatic heterocycles. The molecule has 0 spiro atoms. The molecular formula is C21H26O5. The highest BCUT2D eigenvalue weighted by Gasteiger charge is 2.19. The number of aliphatic hydroxyl groups excluding tert-OH is 1. The molecule has 3 N–H and O–H groups in total. The van der Waals surface area contributed by atoms with Crippen molar-refractivity contribution in [1.82, 2.24) is 0 Å². The Morgan fingerprint density at radius 2 is 1.69 bits per heavy atom. The van der Waals surface area contributed by atoms with E-state index < -0.39 is 12.6 Å². The summed E-state index contributed by atoms with van der Waals surface area (Å²) in [6.45, 7) is 7.77. The quantitative estimate of drug-likeness (QED) is 0.710. The van der Waals surface area contributed by atoms with Crippen LogP contribution in [0.1, 0.15) is 60.3 Å². The summed E-state index contributed by atoms with van der Waals surface area (Å²) in [5.41, 5.74) is 2.55. The topological polar surface area (TPSA) is 87.0 Å². The predicted molar refractivity (Wildman–Crippen MR) is 99.6 cm³/mol. The molecule has 140 valence electrons. The summed E-state index contributed by atoms with van der Waals surface area (Å²) in [6, 6.07) is 8.35. The Balaban J connectivity index is 2.49. The highest BCUT2D eigenvalue weighted by molar-refractivity contribution is 5.90. The van der Waals surface area contributed by atoms with Gasteiger partial charge in [0.1, 0.15) is 11.5 Å². The second-order valence-corrected chi connectivity index (χ2v) is 7.29. The average molecular weight is 358 g/mol. The first kappa shape index (κ1) is 19.8. The monoisotopic (exact) mass is 358 g/mol. The third kappa shape index (κ3) is 4.35. The Hall–Kier alpha value is -2.53. The van der Waals surface area contributed by atoms with Crippen molar-refractivity contribution in [2.75, 3.05) is 6.61 Å². The highest BCUT2D eigenvalue weighted by atomic mass is 16.5. The van der Waals surface area contributed by atoms with Gasteiger partial charge in [-0.1, -0.05) is 32.9 Å². The Morgan fingerprint density at radius 1 is 1.04 bits per heavy atom. The van der Waals surface area contributed by atoms with E-state index in [1.165, 1.54) is 12.1 Å². The molecule has 2 rings (SSSR count). The molecule has 0 heterocycles. The summed E-state index contributed by atoms with van der Waals surface area (Å²) in [5.74, 6) is -0.485. The second kappa shape index (κ2) is 7.79. The number of carbonyl (C=O) groups excluding carboxylic acids is 1. The van der Waals surface area contributed by atoms with Gasteiger partial charge in [-0.05, 0) is 47.2 Å². The minimum atomic E-state index is -0.517. The molecule has 0 saturated heterocycles. The summed E-state index contributed by atoms with van der Waals surface area (Å²) in [6.07, 6.45) is 0.224. The van der Waals surface area contributed by atoms with E-state index >= 15 is 0 Å². The van der Waals surface area contributed by atoms with Gasteiger partial charge in [0.15, 0.2) is 0 Å². The highest BCUT2D eigenvalue weighted by Crippen LogP contribution is 2.32. The third-order valence-electron chi connectivity index (χ3n) is 4.28. The van der Waals surface area contributed by atoms with Crippen molar-refractivity contribution in [1.29, 1.82) is 0 Å². The number of phenolic OH excluding ortho intramolecular Hbond substituents is 1. The number of rotatable bonds is 5. The van der Waals surface area contributed by atoms with E-state index in [1.54, 1.807) is 13.0 Å².